The van der Waals surface area contributed by atoms with E-state index in [2.05, 4.69) is 0 Å². The summed E-state index contributed by atoms with van der Waals surface area (Å²) in [6.45, 7) is 6.07. The van der Waals surface area contributed by atoms with Crippen LogP contribution in [0.2, 0.25) is 0 Å². The molecular weight excluding hydrogens is 348 g/mol. The normalized spacial score (nSPS) is 11.0. The lowest BCUT2D eigenvalue weighted by atomic mass is 9.94. The van der Waals surface area contributed by atoms with Crippen LogP contribution in [0.15, 0.2) is 48.5 Å². The third kappa shape index (κ3) is 4.30. The van der Waals surface area contributed by atoms with Gasteiger partial charge in [0.05, 0.1) is 0 Å². The molecule has 3 rings (SSSR count). The number of benzene rings is 3. The minimum absolute atomic E-state index is 0.319. The molecule has 0 heterocycles. The van der Waals surface area contributed by atoms with E-state index < -0.39 is 0 Å². The van der Waals surface area contributed by atoms with Crippen molar-refractivity contribution in [1.29, 1.82) is 0 Å². The first-order valence-electron chi connectivity index (χ1n) is 9.84. The number of aryl methyl sites for hydroxylation is 3. The van der Waals surface area contributed by atoms with Gasteiger partial charge in [0.2, 0.25) is 0 Å². The van der Waals surface area contributed by atoms with Crippen LogP contribution in [0, 0.1) is 6.92 Å². The molecule has 0 aromatic heterocycles. The number of phenols is 3. The highest BCUT2D eigenvalue weighted by molar-refractivity contribution is 5.49. The van der Waals surface area contributed by atoms with Gasteiger partial charge in [-0.3, -0.25) is 0 Å². The van der Waals surface area contributed by atoms with E-state index in [1.807, 2.05) is 57.2 Å². The van der Waals surface area contributed by atoms with Crippen LogP contribution in [-0.2, 0) is 25.7 Å². The molecule has 0 aliphatic rings. The Kier molecular flexibility index (Phi) is 5.93. The van der Waals surface area contributed by atoms with E-state index in [4.69, 9.17) is 0 Å². The zero-order valence-electron chi connectivity index (χ0n) is 16.8. The van der Waals surface area contributed by atoms with Gasteiger partial charge in [0.25, 0.3) is 0 Å². The van der Waals surface area contributed by atoms with E-state index in [1.165, 1.54) is 0 Å². The van der Waals surface area contributed by atoms with Crippen molar-refractivity contribution in [2.45, 2.75) is 46.5 Å². The molecule has 0 unspecified atom stereocenters. The second kappa shape index (κ2) is 8.39. The zero-order valence-corrected chi connectivity index (χ0v) is 16.8. The van der Waals surface area contributed by atoms with Gasteiger partial charge < -0.3 is 15.3 Å². The molecule has 3 heteroatoms. The van der Waals surface area contributed by atoms with Crippen molar-refractivity contribution in [2.75, 3.05) is 0 Å². The van der Waals surface area contributed by atoms with Crippen LogP contribution in [0.1, 0.15) is 52.8 Å². The molecule has 0 amide bonds. The molecule has 0 atom stereocenters. The number of rotatable bonds is 6. The van der Waals surface area contributed by atoms with Crippen molar-refractivity contribution < 1.29 is 15.3 Å². The lowest BCUT2D eigenvalue weighted by molar-refractivity contribution is 0.463. The first-order valence-corrected chi connectivity index (χ1v) is 9.84. The number of aromatic hydroxyl groups is 3. The summed E-state index contributed by atoms with van der Waals surface area (Å²) in [5, 5.41) is 30.7. The molecule has 3 N–H and O–H groups in total. The molecule has 0 aliphatic heterocycles. The summed E-state index contributed by atoms with van der Waals surface area (Å²) in [7, 11) is 0. The van der Waals surface area contributed by atoms with Crippen LogP contribution < -0.4 is 0 Å². The maximum Gasteiger partial charge on any atom is 0.122 e. The van der Waals surface area contributed by atoms with Crippen LogP contribution in [0.25, 0.3) is 0 Å². The Bertz CT molecular complexity index is 913. The summed E-state index contributed by atoms with van der Waals surface area (Å²) in [5.41, 5.74) is 6.85. The molecule has 3 aromatic rings. The smallest absolute Gasteiger partial charge is 0.122 e. The first-order chi connectivity index (χ1) is 13.4. The highest BCUT2D eigenvalue weighted by atomic mass is 16.3. The molecule has 0 saturated carbocycles. The van der Waals surface area contributed by atoms with E-state index in [-0.39, 0.29) is 0 Å². The minimum Gasteiger partial charge on any atom is -0.508 e. The Morgan fingerprint density at radius 1 is 0.607 bits per heavy atom. The van der Waals surface area contributed by atoms with Crippen molar-refractivity contribution >= 4 is 0 Å². The summed E-state index contributed by atoms with van der Waals surface area (Å²) in [6.07, 6.45) is 2.77. The van der Waals surface area contributed by atoms with Gasteiger partial charge in [0.1, 0.15) is 17.2 Å². The molecule has 3 aromatic carbocycles. The molecule has 0 radical (unpaired) electrons. The second-order valence-corrected chi connectivity index (χ2v) is 7.42. The Labute approximate surface area is 166 Å². The first kappa shape index (κ1) is 19.8. The fraction of sp³-hybridized carbons (Fsp3) is 0.280. The third-order valence-corrected chi connectivity index (χ3v) is 5.25. The average Bonchev–Trinajstić information content (AvgIpc) is 2.68. The topological polar surface area (TPSA) is 60.7 Å². The third-order valence-electron chi connectivity index (χ3n) is 5.25. The molecule has 0 bridgehead atoms. The van der Waals surface area contributed by atoms with Gasteiger partial charge in [-0.1, -0.05) is 55.8 Å². The van der Waals surface area contributed by atoms with Crippen LogP contribution in [0.5, 0.6) is 17.2 Å². The maximum atomic E-state index is 10.9. The summed E-state index contributed by atoms with van der Waals surface area (Å²) >= 11 is 0. The summed E-state index contributed by atoms with van der Waals surface area (Å²) in [6, 6.07) is 15.3. The lowest BCUT2D eigenvalue weighted by Crippen LogP contribution is -1.97. The van der Waals surface area contributed by atoms with Gasteiger partial charge in [0, 0.05) is 12.8 Å². The predicted octanol–water partition coefficient (Wildman–Crippen LogP) is 5.42. The molecule has 146 valence electrons. The predicted molar refractivity (Wildman–Crippen MR) is 113 cm³/mol. The SMILES string of the molecule is CCc1cc(Cc2cc(C)cc(Cc3ccc(O)c(CC)c3)c2O)ccc1O. The molecule has 0 spiro atoms. The fourth-order valence-electron chi connectivity index (χ4n) is 3.71. The molecule has 0 saturated heterocycles. The van der Waals surface area contributed by atoms with E-state index >= 15 is 0 Å². The molecule has 0 fully saturated rings. The highest BCUT2D eigenvalue weighted by Crippen LogP contribution is 2.31. The second-order valence-electron chi connectivity index (χ2n) is 7.42. The largest absolute Gasteiger partial charge is 0.508 e. The van der Waals surface area contributed by atoms with Crippen molar-refractivity contribution in [3.8, 4) is 17.2 Å². The van der Waals surface area contributed by atoms with Crippen molar-refractivity contribution in [3.63, 3.8) is 0 Å². The number of hydrogen-bond donors (Lipinski definition) is 3. The van der Waals surface area contributed by atoms with E-state index in [1.54, 1.807) is 12.1 Å². The van der Waals surface area contributed by atoms with Gasteiger partial charge in [-0.25, -0.2) is 0 Å². The Balaban J connectivity index is 1.92. The van der Waals surface area contributed by atoms with Crippen molar-refractivity contribution in [1.82, 2.24) is 0 Å². The van der Waals surface area contributed by atoms with E-state index in [9.17, 15) is 15.3 Å². The average molecular weight is 376 g/mol. The zero-order chi connectivity index (χ0) is 20.3. The summed E-state index contributed by atoms with van der Waals surface area (Å²) in [4.78, 5) is 0. The number of hydrogen-bond acceptors (Lipinski definition) is 3. The Morgan fingerprint density at radius 3 is 1.43 bits per heavy atom. The van der Waals surface area contributed by atoms with E-state index in [0.29, 0.717) is 30.1 Å². The standard InChI is InChI=1S/C25H28O3/c1-4-19-12-17(6-8-23(19)26)14-21-10-16(3)11-22(25(21)28)15-18-7-9-24(27)20(5-2)13-18/h6-13,26-28H,4-5,14-15H2,1-3H3. The monoisotopic (exact) mass is 376 g/mol. The lowest BCUT2D eigenvalue weighted by Gasteiger charge is -2.14. The van der Waals surface area contributed by atoms with Crippen LogP contribution >= 0.6 is 0 Å². The fourth-order valence-corrected chi connectivity index (χ4v) is 3.71. The highest BCUT2D eigenvalue weighted by Gasteiger charge is 2.12. The Morgan fingerprint density at radius 2 is 1.04 bits per heavy atom. The van der Waals surface area contributed by atoms with Gasteiger partial charge in [-0.15, -0.1) is 0 Å². The quantitative estimate of drug-likeness (QED) is 0.538. The maximum absolute atomic E-state index is 10.9. The van der Waals surface area contributed by atoms with E-state index in [0.717, 1.165) is 51.8 Å². The van der Waals surface area contributed by atoms with Crippen LogP contribution in [0.3, 0.4) is 0 Å². The van der Waals surface area contributed by atoms with Gasteiger partial charge in [0.15, 0.2) is 0 Å². The van der Waals surface area contributed by atoms with Gasteiger partial charge in [-0.2, -0.15) is 0 Å². The summed E-state index contributed by atoms with van der Waals surface area (Å²) < 4.78 is 0. The Hall–Kier alpha value is -2.94. The summed E-state index contributed by atoms with van der Waals surface area (Å²) in [5.74, 6) is 0.960. The van der Waals surface area contributed by atoms with Gasteiger partial charge >= 0.3 is 0 Å². The number of phenolic OH excluding ortho intramolecular Hbond substituents is 3. The molecule has 0 aliphatic carbocycles. The van der Waals surface area contributed by atoms with Crippen molar-refractivity contribution in [3.05, 3.63) is 87.5 Å². The molecule has 3 nitrogen and oxygen atoms in total. The van der Waals surface area contributed by atoms with Crippen LogP contribution in [0.4, 0.5) is 0 Å². The molecular formula is C25H28O3. The van der Waals surface area contributed by atoms with Crippen molar-refractivity contribution in [2.24, 2.45) is 0 Å². The minimum atomic E-state index is 0.319. The molecule has 28 heavy (non-hydrogen) atoms. The van der Waals surface area contributed by atoms with Crippen LogP contribution in [-0.4, -0.2) is 15.3 Å². The van der Waals surface area contributed by atoms with Gasteiger partial charge in [-0.05, 0) is 65.3 Å².